The number of benzene rings is 2. The molecule has 30 heavy (non-hydrogen) atoms. The molecule has 5 nitrogen and oxygen atoms in total. The van der Waals surface area contributed by atoms with Crippen molar-refractivity contribution in [1.82, 2.24) is 10.0 Å². The number of nitrogens with zero attached hydrogens (tertiary/aromatic N) is 3. The molecule has 0 bridgehead atoms. The van der Waals surface area contributed by atoms with Crippen LogP contribution in [0, 0.1) is 11.3 Å². The second-order valence-corrected chi connectivity index (χ2v) is 8.77. The van der Waals surface area contributed by atoms with E-state index in [0.717, 1.165) is 21.3 Å². The van der Waals surface area contributed by atoms with E-state index in [1.54, 1.807) is 0 Å². The van der Waals surface area contributed by atoms with Crippen molar-refractivity contribution < 1.29 is 4.79 Å². The first-order valence-corrected chi connectivity index (χ1v) is 10.7. The Morgan fingerprint density at radius 3 is 2.43 bits per heavy atom. The molecular formula is C24H23BrN4O. The molecular weight excluding hydrogens is 440 g/mol. The molecule has 0 saturated carbocycles. The Kier molecular flexibility index (Phi) is 5.50. The zero-order chi connectivity index (χ0) is 21.4. The second kappa shape index (κ2) is 8.10. The molecule has 2 N–H and O–H groups in total. The largest absolute Gasteiger partial charge is 0.383 e. The van der Waals surface area contributed by atoms with Gasteiger partial charge in [-0.15, -0.1) is 0 Å². The Morgan fingerprint density at radius 2 is 1.80 bits per heavy atom. The third-order valence-electron chi connectivity index (χ3n) is 5.79. The molecule has 152 valence electrons. The lowest BCUT2D eigenvalue weighted by Crippen LogP contribution is -2.46. The van der Waals surface area contributed by atoms with Crippen LogP contribution >= 0.6 is 15.9 Å². The minimum Gasteiger partial charge on any atom is -0.383 e. The molecule has 0 fully saturated rings. The van der Waals surface area contributed by atoms with Gasteiger partial charge in [0, 0.05) is 36.3 Å². The highest BCUT2D eigenvalue weighted by atomic mass is 79.9. The van der Waals surface area contributed by atoms with Crippen molar-refractivity contribution in [3.8, 4) is 6.07 Å². The van der Waals surface area contributed by atoms with E-state index < -0.39 is 5.92 Å². The number of ketones is 1. The Morgan fingerprint density at radius 1 is 1.10 bits per heavy atom. The maximum atomic E-state index is 13.5. The third kappa shape index (κ3) is 3.45. The van der Waals surface area contributed by atoms with Crippen molar-refractivity contribution in [3.63, 3.8) is 0 Å². The topological polar surface area (TPSA) is 73.4 Å². The molecule has 0 saturated heterocycles. The van der Waals surface area contributed by atoms with Crippen LogP contribution in [0.25, 0.3) is 0 Å². The lowest BCUT2D eigenvalue weighted by Gasteiger charge is -2.43. The van der Waals surface area contributed by atoms with Crippen molar-refractivity contribution in [1.29, 1.82) is 5.26 Å². The number of carbonyl (C=O) groups is 1. The SMILES string of the molecule is CN(C)N1C(N)=C(C#N)C(c2cccc(Br)c2)C2=C1CC(c1ccccc1)CC2=O. The van der Waals surface area contributed by atoms with E-state index in [2.05, 4.69) is 34.1 Å². The average molecular weight is 463 g/mol. The molecule has 0 amide bonds. The van der Waals surface area contributed by atoms with E-state index in [0.29, 0.717) is 29.8 Å². The summed E-state index contributed by atoms with van der Waals surface area (Å²) in [7, 11) is 3.75. The Balaban J connectivity index is 1.90. The van der Waals surface area contributed by atoms with Crippen LogP contribution in [0.3, 0.4) is 0 Å². The number of nitriles is 1. The summed E-state index contributed by atoms with van der Waals surface area (Å²) in [5, 5.41) is 13.7. The van der Waals surface area contributed by atoms with E-state index in [1.165, 1.54) is 0 Å². The molecule has 1 heterocycles. The molecule has 2 atom stereocenters. The summed E-state index contributed by atoms with van der Waals surface area (Å²) in [5.41, 5.74) is 10.5. The van der Waals surface area contributed by atoms with E-state index in [-0.39, 0.29) is 11.7 Å². The fourth-order valence-corrected chi connectivity index (χ4v) is 4.97. The first-order chi connectivity index (χ1) is 14.4. The first kappa shape index (κ1) is 20.4. The first-order valence-electron chi connectivity index (χ1n) is 9.86. The van der Waals surface area contributed by atoms with Crippen molar-refractivity contribution in [2.75, 3.05) is 14.1 Å². The van der Waals surface area contributed by atoms with Crippen molar-refractivity contribution in [3.05, 3.63) is 92.9 Å². The normalized spacial score (nSPS) is 21.7. The number of nitrogens with two attached hydrogens (primary N) is 1. The molecule has 0 radical (unpaired) electrons. The Hall–Kier alpha value is -2.88. The summed E-state index contributed by atoms with van der Waals surface area (Å²) in [6.45, 7) is 0. The van der Waals surface area contributed by atoms with Gasteiger partial charge in [-0.1, -0.05) is 58.4 Å². The fraction of sp³-hybridized carbons (Fsp3) is 0.250. The monoisotopic (exact) mass is 462 g/mol. The molecule has 4 rings (SSSR count). The number of hydrazine groups is 1. The van der Waals surface area contributed by atoms with Crippen LogP contribution in [0.2, 0.25) is 0 Å². The van der Waals surface area contributed by atoms with Gasteiger partial charge in [0.25, 0.3) is 0 Å². The van der Waals surface area contributed by atoms with Gasteiger partial charge in [-0.2, -0.15) is 5.26 Å². The predicted octanol–water partition coefficient (Wildman–Crippen LogP) is 4.42. The van der Waals surface area contributed by atoms with Gasteiger partial charge in [-0.3, -0.25) is 9.80 Å². The van der Waals surface area contributed by atoms with Crippen LogP contribution in [-0.4, -0.2) is 29.9 Å². The van der Waals surface area contributed by atoms with Crippen molar-refractivity contribution in [2.45, 2.75) is 24.7 Å². The number of halogens is 1. The van der Waals surface area contributed by atoms with E-state index in [9.17, 15) is 10.1 Å². The molecule has 1 aliphatic carbocycles. The highest BCUT2D eigenvalue weighted by Crippen LogP contribution is 2.48. The number of rotatable bonds is 3. The molecule has 0 aromatic heterocycles. The van der Waals surface area contributed by atoms with Gasteiger partial charge in [0.15, 0.2) is 5.78 Å². The fourth-order valence-electron chi connectivity index (χ4n) is 4.55. The molecule has 2 aromatic rings. The second-order valence-electron chi connectivity index (χ2n) is 7.86. The van der Waals surface area contributed by atoms with Crippen molar-refractivity contribution >= 4 is 21.7 Å². The van der Waals surface area contributed by atoms with Gasteiger partial charge in [-0.25, -0.2) is 5.01 Å². The third-order valence-corrected chi connectivity index (χ3v) is 6.29. The number of Topliss-reactive ketones (excluding diaryl/α,β-unsaturated/α-hetero) is 1. The minimum absolute atomic E-state index is 0.0715. The summed E-state index contributed by atoms with van der Waals surface area (Å²) in [4.78, 5) is 13.5. The average Bonchev–Trinajstić information content (AvgIpc) is 2.73. The number of hydrogen-bond donors (Lipinski definition) is 1. The predicted molar refractivity (Wildman–Crippen MR) is 120 cm³/mol. The zero-order valence-corrected chi connectivity index (χ0v) is 18.6. The molecule has 2 unspecified atom stereocenters. The molecule has 1 aliphatic heterocycles. The van der Waals surface area contributed by atoms with Gasteiger partial charge in [0.1, 0.15) is 5.82 Å². The van der Waals surface area contributed by atoms with Gasteiger partial charge >= 0.3 is 0 Å². The standard InChI is InChI=1S/C24H23BrN4O/c1-28(2)29-20-12-17(15-7-4-3-5-8-15)13-21(30)23(20)22(19(14-26)24(29)27)16-9-6-10-18(25)11-16/h3-11,17,22H,12-13,27H2,1-2H3. The van der Waals surface area contributed by atoms with Crippen LogP contribution in [0.4, 0.5) is 0 Å². The molecule has 2 aromatic carbocycles. The smallest absolute Gasteiger partial charge is 0.162 e. The number of allylic oxidation sites excluding steroid dienone is 3. The van der Waals surface area contributed by atoms with Gasteiger partial charge < -0.3 is 5.73 Å². The van der Waals surface area contributed by atoms with Gasteiger partial charge in [0.05, 0.1) is 17.6 Å². The summed E-state index contributed by atoms with van der Waals surface area (Å²) >= 11 is 3.51. The van der Waals surface area contributed by atoms with Crippen LogP contribution < -0.4 is 5.73 Å². The zero-order valence-electron chi connectivity index (χ0n) is 17.0. The van der Waals surface area contributed by atoms with Crippen LogP contribution in [-0.2, 0) is 4.79 Å². The van der Waals surface area contributed by atoms with Crippen LogP contribution in [0.15, 0.2) is 81.7 Å². The Labute approximate surface area is 185 Å². The highest BCUT2D eigenvalue weighted by Gasteiger charge is 2.43. The quantitative estimate of drug-likeness (QED) is 0.730. The summed E-state index contributed by atoms with van der Waals surface area (Å²) in [6.07, 6.45) is 1.11. The molecule has 0 spiro atoms. The van der Waals surface area contributed by atoms with E-state index in [4.69, 9.17) is 5.73 Å². The van der Waals surface area contributed by atoms with E-state index in [1.807, 2.05) is 66.6 Å². The summed E-state index contributed by atoms with van der Waals surface area (Å²) in [6, 6.07) is 20.2. The molecule has 6 heteroatoms. The lowest BCUT2D eigenvalue weighted by atomic mass is 9.72. The highest BCUT2D eigenvalue weighted by molar-refractivity contribution is 9.10. The lowest BCUT2D eigenvalue weighted by molar-refractivity contribution is -0.117. The maximum absolute atomic E-state index is 13.5. The van der Waals surface area contributed by atoms with Crippen LogP contribution in [0.5, 0.6) is 0 Å². The van der Waals surface area contributed by atoms with Gasteiger partial charge in [-0.05, 0) is 35.6 Å². The van der Waals surface area contributed by atoms with E-state index >= 15 is 0 Å². The summed E-state index contributed by atoms with van der Waals surface area (Å²) < 4.78 is 0.901. The van der Waals surface area contributed by atoms with Crippen LogP contribution in [0.1, 0.15) is 35.8 Å². The summed E-state index contributed by atoms with van der Waals surface area (Å²) in [5.74, 6) is 0.0809. The number of carbonyl (C=O) groups excluding carboxylic acids is 1. The number of hydrogen-bond acceptors (Lipinski definition) is 5. The van der Waals surface area contributed by atoms with Crippen molar-refractivity contribution in [2.24, 2.45) is 5.73 Å². The molecule has 2 aliphatic rings. The van der Waals surface area contributed by atoms with Gasteiger partial charge in [0.2, 0.25) is 0 Å². The Bertz CT molecular complexity index is 1100. The maximum Gasteiger partial charge on any atom is 0.162 e. The minimum atomic E-state index is -0.456.